The highest BCUT2D eigenvalue weighted by Gasteiger charge is 2.11. The summed E-state index contributed by atoms with van der Waals surface area (Å²) in [4.78, 5) is 28.8. The quantitative estimate of drug-likeness (QED) is 0.611. The molecule has 3 rings (SSSR count). The van der Waals surface area contributed by atoms with Crippen LogP contribution in [0.2, 0.25) is 0 Å². The molecule has 0 aliphatic heterocycles. The topological polar surface area (TPSA) is 69.9 Å². The van der Waals surface area contributed by atoms with E-state index in [1.54, 1.807) is 12.1 Å². The molecule has 0 fully saturated rings. The summed E-state index contributed by atoms with van der Waals surface area (Å²) >= 11 is 1.38. The number of carbonyl (C=O) groups excluding carboxylic acids is 2. The van der Waals surface area contributed by atoms with Gasteiger partial charge in [-0.3, -0.25) is 4.79 Å². The molecule has 1 aromatic heterocycles. The number of carbonyl (C=O) groups is 2. The number of hydrogen-bond acceptors (Lipinski definition) is 5. The number of aryl methyl sites for hydroxylation is 1. The fourth-order valence-electron chi connectivity index (χ4n) is 2.64. The minimum Gasteiger partial charge on any atom is -0.493 e. The molecule has 3 aromatic rings. The third-order valence-corrected chi connectivity index (χ3v) is 5.01. The number of thiazole rings is 1. The number of amides is 1. The molecule has 1 heterocycles. The molecule has 0 N–H and O–H groups in total. The van der Waals surface area contributed by atoms with Crippen molar-refractivity contribution in [2.24, 2.45) is 4.99 Å². The number of methoxy groups -OCH3 is 1. The molecule has 0 spiro atoms. The van der Waals surface area contributed by atoms with Crippen LogP contribution in [0.5, 0.6) is 5.75 Å². The Hall–Kier alpha value is -2.93. The molecular weight excluding hydrogens is 364 g/mol. The van der Waals surface area contributed by atoms with Crippen LogP contribution < -0.4 is 9.54 Å². The molecule has 1 amide bonds. The highest BCUT2D eigenvalue weighted by atomic mass is 32.1. The first-order chi connectivity index (χ1) is 13.1. The van der Waals surface area contributed by atoms with Crippen molar-refractivity contribution in [1.29, 1.82) is 0 Å². The van der Waals surface area contributed by atoms with Gasteiger partial charge < -0.3 is 14.0 Å². The molecule has 140 valence electrons. The van der Waals surface area contributed by atoms with Crippen molar-refractivity contribution in [2.45, 2.75) is 19.9 Å². The molecule has 0 bridgehead atoms. The minimum atomic E-state index is -0.388. The second-order valence-electron chi connectivity index (χ2n) is 5.72. The van der Waals surface area contributed by atoms with Gasteiger partial charge in [-0.1, -0.05) is 29.5 Å². The Morgan fingerprint density at radius 2 is 1.93 bits per heavy atom. The largest absolute Gasteiger partial charge is 0.493 e. The minimum absolute atomic E-state index is 0.195. The van der Waals surface area contributed by atoms with Gasteiger partial charge in [0.15, 0.2) is 4.80 Å². The monoisotopic (exact) mass is 384 g/mol. The van der Waals surface area contributed by atoms with Crippen LogP contribution in [-0.2, 0) is 16.1 Å². The molecule has 0 saturated heterocycles. The number of esters is 1. The maximum atomic E-state index is 12.2. The standard InChI is InChI=1S/C20H20N2O4S/c1-3-22-16-10-9-14(19(24)25-2)13-17(16)27-20(22)21-18(23)11-12-26-15-7-5-4-6-8-15/h4-10,13H,3,11-12H2,1-2H3. The van der Waals surface area contributed by atoms with Gasteiger partial charge in [0.25, 0.3) is 5.91 Å². The summed E-state index contributed by atoms with van der Waals surface area (Å²) in [6.07, 6.45) is 0.195. The van der Waals surface area contributed by atoms with Gasteiger partial charge >= 0.3 is 5.97 Å². The van der Waals surface area contributed by atoms with Gasteiger partial charge in [-0.15, -0.1) is 0 Å². The van der Waals surface area contributed by atoms with Crippen molar-refractivity contribution in [2.75, 3.05) is 13.7 Å². The van der Waals surface area contributed by atoms with Crippen LogP contribution >= 0.6 is 11.3 Å². The van der Waals surface area contributed by atoms with Crippen LogP contribution in [0, 0.1) is 0 Å². The molecule has 27 heavy (non-hydrogen) atoms. The fourth-order valence-corrected chi connectivity index (χ4v) is 3.79. The van der Waals surface area contributed by atoms with Gasteiger partial charge in [-0.05, 0) is 37.3 Å². The van der Waals surface area contributed by atoms with E-state index in [1.807, 2.05) is 47.9 Å². The van der Waals surface area contributed by atoms with Crippen molar-refractivity contribution in [1.82, 2.24) is 4.57 Å². The van der Waals surface area contributed by atoms with Crippen LogP contribution in [-0.4, -0.2) is 30.2 Å². The molecule has 7 heteroatoms. The number of rotatable bonds is 6. The summed E-state index contributed by atoms with van der Waals surface area (Å²) in [5.74, 6) is 0.0972. The smallest absolute Gasteiger partial charge is 0.337 e. The predicted octanol–water partition coefficient (Wildman–Crippen LogP) is 3.41. The van der Waals surface area contributed by atoms with E-state index in [2.05, 4.69) is 4.99 Å². The number of aromatic nitrogens is 1. The first-order valence-corrected chi connectivity index (χ1v) is 9.41. The normalized spacial score (nSPS) is 11.6. The van der Waals surface area contributed by atoms with Gasteiger partial charge in [-0.2, -0.15) is 4.99 Å². The maximum Gasteiger partial charge on any atom is 0.337 e. The SMILES string of the molecule is CCn1c(=NC(=O)CCOc2ccccc2)sc2cc(C(=O)OC)ccc21. The average molecular weight is 384 g/mol. The van der Waals surface area contributed by atoms with Crippen molar-refractivity contribution in [3.63, 3.8) is 0 Å². The van der Waals surface area contributed by atoms with Crippen LogP contribution in [0.3, 0.4) is 0 Å². The Morgan fingerprint density at radius 3 is 2.63 bits per heavy atom. The third kappa shape index (κ3) is 4.43. The van der Waals surface area contributed by atoms with Gasteiger partial charge in [0.2, 0.25) is 0 Å². The lowest BCUT2D eigenvalue weighted by atomic mass is 10.2. The first kappa shape index (κ1) is 18.8. The van der Waals surface area contributed by atoms with E-state index in [0.29, 0.717) is 16.9 Å². The molecule has 2 aromatic carbocycles. The van der Waals surface area contributed by atoms with E-state index in [1.165, 1.54) is 18.4 Å². The number of para-hydroxylation sites is 1. The van der Waals surface area contributed by atoms with Gasteiger partial charge in [0.1, 0.15) is 5.75 Å². The fraction of sp³-hybridized carbons (Fsp3) is 0.250. The molecule has 6 nitrogen and oxygen atoms in total. The highest BCUT2D eigenvalue weighted by Crippen LogP contribution is 2.20. The number of hydrogen-bond donors (Lipinski definition) is 0. The summed E-state index contributed by atoms with van der Waals surface area (Å²) in [7, 11) is 1.35. The Balaban J connectivity index is 1.79. The Morgan fingerprint density at radius 1 is 1.15 bits per heavy atom. The van der Waals surface area contributed by atoms with E-state index < -0.39 is 0 Å². The van der Waals surface area contributed by atoms with Crippen LogP contribution in [0.1, 0.15) is 23.7 Å². The van der Waals surface area contributed by atoms with Crippen molar-refractivity contribution < 1.29 is 19.1 Å². The van der Waals surface area contributed by atoms with E-state index >= 15 is 0 Å². The summed E-state index contributed by atoms with van der Waals surface area (Å²) in [5.41, 5.74) is 1.41. The van der Waals surface area contributed by atoms with Crippen molar-refractivity contribution in [3.8, 4) is 5.75 Å². The molecule has 0 atom stereocenters. The zero-order valence-electron chi connectivity index (χ0n) is 15.2. The van der Waals surface area contributed by atoms with E-state index in [-0.39, 0.29) is 24.9 Å². The molecular formula is C20H20N2O4S. The van der Waals surface area contributed by atoms with Gasteiger partial charge in [0.05, 0.1) is 35.9 Å². The summed E-state index contributed by atoms with van der Waals surface area (Å²) in [6, 6.07) is 14.7. The van der Waals surface area contributed by atoms with Crippen LogP contribution in [0.25, 0.3) is 10.2 Å². The second-order valence-corrected chi connectivity index (χ2v) is 6.73. The first-order valence-electron chi connectivity index (χ1n) is 8.59. The average Bonchev–Trinajstić information content (AvgIpc) is 3.04. The molecule has 0 aliphatic carbocycles. The van der Waals surface area contributed by atoms with Crippen LogP contribution in [0.4, 0.5) is 0 Å². The lowest BCUT2D eigenvalue weighted by Crippen LogP contribution is -2.16. The second kappa shape index (κ2) is 8.64. The molecule has 0 unspecified atom stereocenters. The number of fused-ring (bicyclic) bond motifs is 1. The zero-order chi connectivity index (χ0) is 19.2. The van der Waals surface area contributed by atoms with Crippen LogP contribution in [0.15, 0.2) is 53.5 Å². The summed E-state index contributed by atoms with van der Waals surface area (Å²) in [5, 5.41) is 0. The van der Waals surface area contributed by atoms with Gasteiger partial charge in [-0.25, -0.2) is 4.79 Å². The summed E-state index contributed by atoms with van der Waals surface area (Å²) < 4.78 is 13.1. The Bertz CT molecular complexity index is 1020. The maximum absolute atomic E-state index is 12.2. The molecule has 0 saturated carbocycles. The Kier molecular flexibility index (Phi) is 6.03. The number of nitrogens with zero attached hydrogens (tertiary/aromatic N) is 2. The zero-order valence-corrected chi connectivity index (χ0v) is 16.0. The van der Waals surface area contributed by atoms with Gasteiger partial charge in [0, 0.05) is 6.54 Å². The van der Waals surface area contributed by atoms with Crippen molar-refractivity contribution >= 4 is 33.4 Å². The van der Waals surface area contributed by atoms with E-state index in [4.69, 9.17) is 9.47 Å². The molecule has 0 aliphatic rings. The lowest BCUT2D eigenvalue weighted by Gasteiger charge is -2.03. The number of benzene rings is 2. The third-order valence-electron chi connectivity index (χ3n) is 3.97. The Labute approximate surface area is 160 Å². The highest BCUT2D eigenvalue weighted by molar-refractivity contribution is 7.16. The number of ether oxygens (including phenoxy) is 2. The summed E-state index contributed by atoms with van der Waals surface area (Å²) in [6.45, 7) is 2.93. The molecule has 0 radical (unpaired) electrons. The van der Waals surface area contributed by atoms with E-state index in [0.717, 1.165) is 16.0 Å². The predicted molar refractivity (Wildman–Crippen MR) is 104 cm³/mol. The lowest BCUT2D eigenvalue weighted by molar-refractivity contribution is -0.118. The van der Waals surface area contributed by atoms with Crippen molar-refractivity contribution in [3.05, 3.63) is 58.9 Å². The van der Waals surface area contributed by atoms with E-state index in [9.17, 15) is 9.59 Å².